The van der Waals surface area contributed by atoms with Crippen LogP contribution in [0, 0.1) is 5.92 Å². The molecule has 0 saturated heterocycles. The highest BCUT2D eigenvalue weighted by atomic mass is 16.2. The van der Waals surface area contributed by atoms with E-state index < -0.39 is 5.91 Å². The number of hydrogen-bond donors (Lipinski definition) is 2. The van der Waals surface area contributed by atoms with E-state index in [2.05, 4.69) is 10.9 Å². The Labute approximate surface area is 134 Å². The number of benzene rings is 1. The third kappa shape index (κ3) is 4.54. The number of carbonyl (C=O) groups is 2. The molecule has 6 heteroatoms. The molecule has 2 N–H and O–H groups in total. The molecule has 1 aromatic heterocycles. The Hall–Kier alpha value is -2.89. The molecule has 0 spiro atoms. The number of hydrogen-bond acceptors (Lipinski definition) is 3. The molecule has 1 heterocycles. The van der Waals surface area contributed by atoms with E-state index in [-0.39, 0.29) is 17.4 Å². The molecule has 2 rings (SSSR count). The van der Waals surface area contributed by atoms with Crippen molar-refractivity contribution >= 4 is 11.8 Å². The van der Waals surface area contributed by atoms with Crippen LogP contribution >= 0.6 is 0 Å². The van der Waals surface area contributed by atoms with Crippen LogP contribution in [0.3, 0.4) is 0 Å². The van der Waals surface area contributed by atoms with Gasteiger partial charge in [-0.15, -0.1) is 0 Å². The summed E-state index contributed by atoms with van der Waals surface area (Å²) in [5.74, 6) is -0.987. The van der Waals surface area contributed by atoms with Gasteiger partial charge in [-0.3, -0.25) is 25.2 Å². The second-order valence-corrected chi connectivity index (χ2v) is 5.47. The molecule has 0 fully saturated rings. The van der Waals surface area contributed by atoms with E-state index in [1.54, 1.807) is 13.8 Å². The number of hydrazine groups is 1. The van der Waals surface area contributed by atoms with Crippen molar-refractivity contribution in [1.29, 1.82) is 0 Å². The van der Waals surface area contributed by atoms with E-state index in [9.17, 15) is 14.4 Å². The van der Waals surface area contributed by atoms with E-state index in [1.807, 2.05) is 30.3 Å². The van der Waals surface area contributed by atoms with Gasteiger partial charge in [-0.05, 0) is 11.6 Å². The highest BCUT2D eigenvalue weighted by molar-refractivity contribution is 5.95. The van der Waals surface area contributed by atoms with Gasteiger partial charge in [0.2, 0.25) is 5.91 Å². The molecule has 0 bridgehead atoms. The molecule has 0 radical (unpaired) electrons. The van der Waals surface area contributed by atoms with Crippen molar-refractivity contribution in [3.63, 3.8) is 0 Å². The van der Waals surface area contributed by atoms with Gasteiger partial charge in [0.1, 0.15) is 0 Å². The Kier molecular flexibility index (Phi) is 5.30. The van der Waals surface area contributed by atoms with Gasteiger partial charge in [-0.2, -0.15) is 0 Å². The van der Waals surface area contributed by atoms with Crippen LogP contribution in [0.5, 0.6) is 0 Å². The van der Waals surface area contributed by atoms with Gasteiger partial charge < -0.3 is 4.57 Å². The maximum absolute atomic E-state index is 12.0. The van der Waals surface area contributed by atoms with Gasteiger partial charge in [-0.1, -0.05) is 44.2 Å². The summed E-state index contributed by atoms with van der Waals surface area (Å²) in [4.78, 5) is 35.4. The number of amides is 2. The summed E-state index contributed by atoms with van der Waals surface area (Å²) in [6.45, 7) is 3.82. The normalized spacial score (nSPS) is 10.4. The molecule has 23 heavy (non-hydrogen) atoms. The molecule has 120 valence electrons. The topological polar surface area (TPSA) is 80.2 Å². The Morgan fingerprint density at radius 2 is 1.74 bits per heavy atom. The van der Waals surface area contributed by atoms with Gasteiger partial charge in [-0.25, -0.2) is 0 Å². The molecule has 0 saturated carbocycles. The summed E-state index contributed by atoms with van der Waals surface area (Å²) in [6, 6.07) is 12.2. The lowest BCUT2D eigenvalue weighted by Crippen LogP contribution is -2.43. The molecule has 0 aliphatic rings. The Morgan fingerprint density at radius 1 is 1.04 bits per heavy atom. The van der Waals surface area contributed by atoms with E-state index >= 15 is 0 Å². The molecule has 0 unspecified atom stereocenters. The molecule has 6 nitrogen and oxygen atoms in total. The monoisotopic (exact) mass is 313 g/mol. The van der Waals surface area contributed by atoms with Crippen LogP contribution in [-0.2, 0) is 11.3 Å². The first-order valence-corrected chi connectivity index (χ1v) is 7.32. The summed E-state index contributed by atoms with van der Waals surface area (Å²) in [7, 11) is 0. The zero-order valence-electron chi connectivity index (χ0n) is 13.1. The average Bonchev–Trinajstić information content (AvgIpc) is 2.55. The zero-order chi connectivity index (χ0) is 16.8. The number of nitrogens with zero attached hydrogens (tertiary/aromatic N) is 1. The maximum Gasteiger partial charge on any atom is 0.271 e. The van der Waals surface area contributed by atoms with Crippen molar-refractivity contribution in [3.8, 4) is 0 Å². The van der Waals surface area contributed by atoms with E-state index in [4.69, 9.17) is 0 Å². The minimum absolute atomic E-state index is 0.198. The smallest absolute Gasteiger partial charge is 0.271 e. The first-order chi connectivity index (χ1) is 11.0. The van der Waals surface area contributed by atoms with Crippen LogP contribution < -0.4 is 16.4 Å². The van der Waals surface area contributed by atoms with Crippen molar-refractivity contribution in [2.45, 2.75) is 20.4 Å². The zero-order valence-corrected chi connectivity index (χ0v) is 13.1. The number of pyridine rings is 1. The molecular formula is C17H19N3O3. The van der Waals surface area contributed by atoms with E-state index in [0.29, 0.717) is 12.1 Å². The fourth-order valence-corrected chi connectivity index (χ4v) is 1.90. The maximum atomic E-state index is 12.0. The number of aromatic nitrogens is 1. The molecule has 0 atom stereocenters. The van der Waals surface area contributed by atoms with Crippen molar-refractivity contribution in [2.24, 2.45) is 5.92 Å². The van der Waals surface area contributed by atoms with E-state index in [1.165, 1.54) is 22.9 Å². The molecule has 0 aliphatic heterocycles. The number of carbonyl (C=O) groups excluding carboxylic acids is 2. The first-order valence-electron chi connectivity index (χ1n) is 7.32. The van der Waals surface area contributed by atoms with Crippen LogP contribution in [0.25, 0.3) is 0 Å². The summed E-state index contributed by atoms with van der Waals surface area (Å²) in [5, 5.41) is 0. The highest BCUT2D eigenvalue weighted by Crippen LogP contribution is 2.02. The Morgan fingerprint density at radius 3 is 2.39 bits per heavy atom. The van der Waals surface area contributed by atoms with Gasteiger partial charge in [0, 0.05) is 18.2 Å². The van der Waals surface area contributed by atoms with Crippen molar-refractivity contribution < 1.29 is 9.59 Å². The Balaban J connectivity index is 2.12. The lowest BCUT2D eigenvalue weighted by atomic mass is 10.2. The van der Waals surface area contributed by atoms with Crippen LogP contribution in [0.15, 0.2) is 53.5 Å². The molecule has 2 amide bonds. The first kappa shape index (κ1) is 16.5. The third-order valence-corrected chi connectivity index (χ3v) is 3.27. The highest BCUT2D eigenvalue weighted by Gasteiger charge is 2.11. The van der Waals surface area contributed by atoms with Gasteiger partial charge in [0.25, 0.3) is 11.5 Å². The van der Waals surface area contributed by atoms with Crippen LogP contribution in [0.1, 0.15) is 29.8 Å². The average molecular weight is 313 g/mol. The molecular weight excluding hydrogens is 294 g/mol. The fraction of sp³-hybridized carbons (Fsp3) is 0.235. The molecule has 0 aliphatic carbocycles. The quantitative estimate of drug-likeness (QED) is 0.835. The van der Waals surface area contributed by atoms with E-state index in [0.717, 1.165) is 5.56 Å². The number of nitrogens with one attached hydrogen (secondary N) is 2. The minimum atomic E-state index is -0.471. The predicted octanol–water partition coefficient (Wildman–Crippen LogP) is 1.31. The fourth-order valence-electron chi connectivity index (χ4n) is 1.90. The van der Waals surface area contributed by atoms with Crippen LogP contribution in [0.2, 0.25) is 0 Å². The van der Waals surface area contributed by atoms with Crippen LogP contribution in [-0.4, -0.2) is 16.4 Å². The second kappa shape index (κ2) is 7.40. The molecule has 2 aromatic rings. The summed E-state index contributed by atoms with van der Waals surface area (Å²) >= 11 is 0. The third-order valence-electron chi connectivity index (χ3n) is 3.27. The van der Waals surface area contributed by atoms with Crippen molar-refractivity contribution in [1.82, 2.24) is 15.4 Å². The Bertz CT molecular complexity index is 751. The van der Waals surface area contributed by atoms with Gasteiger partial charge in [0.05, 0.1) is 12.1 Å². The van der Waals surface area contributed by atoms with Crippen molar-refractivity contribution in [2.75, 3.05) is 0 Å². The second-order valence-electron chi connectivity index (χ2n) is 5.47. The minimum Gasteiger partial charge on any atom is -0.310 e. The van der Waals surface area contributed by atoms with Crippen molar-refractivity contribution in [3.05, 3.63) is 70.1 Å². The summed E-state index contributed by atoms with van der Waals surface area (Å²) < 4.78 is 1.45. The summed E-state index contributed by atoms with van der Waals surface area (Å²) in [6.07, 6.45) is 1.48. The lowest BCUT2D eigenvalue weighted by Gasteiger charge is -2.11. The van der Waals surface area contributed by atoms with Gasteiger partial charge >= 0.3 is 0 Å². The summed E-state index contributed by atoms with van der Waals surface area (Å²) in [5.41, 5.74) is 5.73. The van der Waals surface area contributed by atoms with Crippen LogP contribution in [0.4, 0.5) is 0 Å². The SMILES string of the molecule is CC(C)C(=O)NNC(=O)c1ccc(=O)n(Cc2ccccc2)c1. The lowest BCUT2D eigenvalue weighted by molar-refractivity contribution is -0.124. The standard InChI is InChI=1S/C17H19N3O3/c1-12(2)16(22)18-19-17(23)14-8-9-15(21)20(11-14)10-13-6-4-3-5-7-13/h3-9,11-12H,10H2,1-2H3,(H,18,22)(H,19,23). The predicted molar refractivity (Wildman–Crippen MR) is 86.7 cm³/mol. The molecule has 1 aromatic carbocycles. The number of rotatable bonds is 4. The van der Waals surface area contributed by atoms with Gasteiger partial charge in [0.15, 0.2) is 0 Å². The largest absolute Gasteiger partial charge is 0.310 e.